The minimum atomic E-state index is 0.385. The summed E-state index contributed by atoms with van der Waals surface area (Å²) in [5.74, 6) is 1.68. The summed E-state index contributed by atoms with van der Waals surface area (Å²) in [7, 11) is 0. The van der Waals surface area contributed by atoms with Crippen LogP contribution in [0.15, 0.2) is 59.0 Å². The third-order valence-corrected chi connectivity index (χ3v) is 4.62. The van der Waals surface area contributed by atoms with Crippen molar-refractivity contribution in [2.24, 2.45) is 0 Å². The van der Waals surface area contributed by atoms with Gasteiger partial charge in [-0.15, -0.1) is 0 Å². The number of fused-ring (bicyclic) bond motifs is 1. The summed E-state index contributed by atoms with van der Waals surface area (Å²) >= 11 is 12.0. The summed E-state index contributed by atoms with van der Waals surface area (Å²) in [6, 6.07) is 18.7. The van der Waals surface area contributed by atoms with E-state index in [1.807, 2.05) is 36.4 Å². The van der Waals surface area contributed by atoms with Crippen molar-refractivity contribution in [1.29, 1.82) is 5.26 Å². The maximum absolute atomic E-state index is 9.50. The van der Waals surface area contributed by atoms with Gasteiger partial charge in [0.15, 0.2) is 0 Å². The van der Waals surface area contributed by atoms with Crippen LogP contribution in [0.1, 0.15) is 11.6 Å². The highest BCUT2D eigenvalue weighted by molar-refractivity contribution is 6.42. The molecule has 0 aliphatic carbocycles. The molecule has 126 valence electrons. The first kappa shape index (κ1) is 16.5. The lowest BCUT2D eigenvalue weighted by atomic mass is 10.2. The van der Waals surface area contributed by atoms with E-state index in [1.165, 1.54) is 0 Å². The van der Waals surface area contributed by atoms with Crippen molar-refractivity contribution in [3.05, 3.63) is 76.2 Å². The van der Waals surface area contributed by atoms with Gasteiger partial charge < -0.3 is 9.40 Å². The number of nitriles is 1. The average Bonchev–Trinajstić information content (AvgIpc) is 3.28. The second-order valence-electron chi connectivity index (χ2n) is 5.60. The number of allylic oxidation sites excluding steroid dienone is 1. The van der Waals surface area contributed by atoms with Gasteiger partial charge in [0.05, 0.1) is 26.7 Å². The first-order valence-electron chi connectivity index (χ1n) is 7.76. The number of H-pyrrole nitrogens is 1. The maximum atomic E-state index is 9.50. The largest absolute Gasteiger partial charge is 0.457 e. The second-order valence-corrected chi connectivity index (χ2v) is 6.42. The highest BCUT2D eigenvalue weighted by atomic mass is 35.5. The number of aromatic amines is 1. The Hall–Kier alpha value is -3.00. The first-order chi connectivity index (χ1) is 12.6. The highest BCUT2D eigenvalue weighted by Gasteiger charge is 2.10. The van der Waals surface area contributed by atoms with Gasteiger partial charge in [-0.3, -0.25) is 0 Å². The van der Waals surface area contributed by atoms with Gasteiger partial charge in [-0.25, -0.2) is 4.98 Å². The molecule has 0 saturated heterocycles. The van der Waals surface area contributed by atoms with Crippen LogP contribution in [0.25, 0.3) is 34.0 Å². The zero-order chi connectivity index (χ0) is 18.1. The topological polar surface area (TPSA) is 65.6 Å². The SMILES string of the molecule is N#C/C(=C/c1ccc(-c2ccc(Cl)c(Cl)c2)o1)c1nc2ccccc2[nH]1. The lowest BCUT2D eigenvalue weighted by molar-refractivity contribution is 0.572. The van der Waals surface area contributed by atoms with Gasteiger partial charge in [0.25, 0.3) is 0 Å². The summed E-state index contributed by atoms with van der Waals surface area (Å²) in [5.41, 5.74) is 2.87. The Labute approximate surface area is 159 Å². The third kappa shape index (κ3) is 3.11. The molecule has 2 aromatic heterocycles. The average molecular weight is 380 g/mol. The van der Waals surface area contributed by atoms with E-state index >= 15 is 0 Å². The third-order valence-electron chi connectivity index (χ3n) is 3.88. The van der Waals surface area contributed by atoms with Crippen molar-refractivity contribution < 1.29 is 4.42 Å². The summed E-state index contributed by atoms with van der Waals surface area (Å²) < 4.78 is 5.82. The number of imidazole rings is 1. The summed E-state index contributed by atoms with van der Waals surface area (Å²) in [4.78, 5) is 7.59. The monoisotopic (exact) mass is 379 g/mol. The Bertz CT molecular complexity index is 1150. The van der Waals surface area contributed by atoms with Gasteiger partial charge in [0.2, 0.25) is 0 Å². The van der Waals surface area contributed by atoms with E-state index < -0.39 is 0 Å². The molecule has 0 atom stereocenters. The van der Waals surface area contributed by atoms with E-state index in [4.69, 9.17) is 27.6 Å². The highest BCUT2D eigenvalue weighted by Crippen LogP contribution is 2.30. The Kier molecular flexibility index (Phi) is 4.26. The molecule has 2 aromatic carbocycles. The van der Waals surface area contributed by atoms with Crippen LogP contribution in [0.5, 0.6) is 0 Å². The van der Waals surface area contributed by atoms with Crippen LogP contribution >= 0.6 is 23.2 Å². The molecule has 0 unspecified atom stereocenters. The van der Waals surface area contributed by atoms with Crippen LogP contribution in [0.3, 0.4) is 0 Å². The van der Waals surface area contributed by atoms with Gasteiger partial charge >= 0.3 is 0 Å². The van der Waals surface area contributed by atoms with Gasteiger partial charge in [0, 0.05) is 11.6 Å². The Balaban J connectivity index is 1.69. The fourth-order valence-corrected chi connectivity index (χ4v) is 2.91. The fraction of sp³-hybridized carbons (Fsp3) is 0. The number of rotatable bonds is 3. The van der Waals surface area contributed by atoms with Crippen molar-refractivity contribution in [3.63, 3.8) is 0 Å². The van der Waals surface area contributed by atoms with E-state index in [9.17, 15) is 5.26 Å². The molecule has 4 aromatic rings. The van der Waals surface area contributed by atoms with Crippen LogP contribution in [-0.2, 0) is 0 Å². The summed E-state index contributed by atoms with van der Waals surface area (Å²) in [5, 5.41) is 10.4. The van der Waals surface area contributed by atoms with Gasteiger partial charge in [-0.2, -0.15) is 5.26 Å². The Morgan fingerprint density at radius 3 is 2.69 bits per heavy atom. The molecular weight excluding hydrogens is 369 g/mol. The maximum Gasteiger partial charge on any atom is 0.149 e. The van der Waals surface area contributed by atoms with E-state index in [0.29, 0.717) is 33.0 Å². The second kappa shape index (κ2) is 6.72. The Morgan fingerprint density at radius 2 is 1.92 bits per heavy atom. The lowest BCUT2D eigenvalue weighted by Gasteiger charge is -1.99. The summed E-state index contributed by atoms with van der Waals surface area (Å²) in [6.07, 6.45) is 1.65. The molecule has 0 fully saturated rings. The molecular formula is C20H11Cl2N3O. The molecule has 4 rings (SSSR count). The van der Waals surface area contributed by atoms with Crippen molar-refractivity contribution in [2.75, 3.05) is 0 Å². The molecule has 6 heteroatoms. The van der Waals surface area contributed by atoms with Crippen molar-refractivity contribution >= 4 is 45.9 Å². The number of halogens is 2. The number of hydrogen-bond acceptors (Lipinski definition) is 3. The molecule has 1 N–H and O–H groups in total. The number of furan rings is 1. The quantitative estimate of drug-likeness (QED) is 0.431. The normalized spacial score (nSPS) is 11.7. The van der Waals surface area contributed by atoms with E-state index in [-0.39, 0.29) is 0 Å². The van der Waals surface area contributed by atoms with E-state index in [1.54, 1.807) is 24.3 Å². The zero-order valence-electron chi connectivity index (χ0n) is 13.3. The van der Waals surface area contributed by atoms with Crippen LogP contribution in [0.4, 0.5) is 0 Å². The predicted octanol–water partition coefficient (Wildman–Crippen LogP) is 6.19. The zero-order valence-corrected chi connectivity index (χ0v) is 14.8. The number of hydrogen-bond donors (Lipinski definition) is 1. The molecule has 26 heavy (non-hydrogen) atoms. The fourth-order valence-electron chi connectivity index (χ4n) is 2.61. The van der Waals surface area contributed by atoms with Crippen LogP contribution in [-0.4, -0.2) is 9.97 Å². The number of nitrogens with zero attached hydrogens (tertiary/aromatic N) is 2. The minimum Gasteiger partial charge on any atom is -0.457 e. The molecule has 2 heterocycles. The number of para-hydroxylation sites is 2. The molecule has 0 amide bonds. The van der Waals surface area contributed by atoms with Gasteiger partial charge in [-0.1, -0.05) is 35.3 Å². The first-order valence-corrected chi connectivity index (χ1v) is 8.52. The standard InChI is InChI=1S/C20H11Cl2N3O/c21-15-7-5-12(10-16(15)22)19-8-6-14(26-19)9-13(11-23)20-24-17-3-1-2-4-18(17)25-20/h1-10H,(H,24,25)/b13-9-. The number of benzene rings is 2. The number of nitrogens with one attached hydrogen (secondary N) is 1. The summed E-state index contributed by atoms with van der Waals surface area (Å²) in [6.45, 7) is 0. The Morgan fingerprint density at radius 1 is 1.08 bits per heavy atom. The molecule has 0 spiro atoms. The molecule has 4 nitrogen and oxygen atoms in total. The van der Waals surface area contributed by atoms with Crippen LogP contribution in [0, 0.1) is 11.3 Å². The van der Waals surface area contributed by atoms with E-state index in [0.717, 1.165) is 16.6 Å². The van der Waals surface area contributed by atoms with Crippen LogP contribution < -0.4 is 0 Å². The molecule has 0 bridgehead atoms. The molecule has 0 aliphatic heterocycles. The van der Waals surface area contributed by atoms with Crippen LogP contribution in [0.2, 0.25) is 10.0 Å². The van der Waals surface area contributed by atoms with Gasteiger partial charge in [-0.05, 0) is 42.5 Å². The lowest BCUT2D eigenvalue weighted by Crippen LogP contribution is -1.84. The smallest absolute Gasteiger partial charge is 0.149 e. The minimum absolute atomic E-state index is 0.385. The van der Waals surface area contributed by atoms with Gasteiger partial charge in [0.1, 0.15) is 23.4 Å². The molecule has 0 saturated carbocycles. The van der Waals surface area contributed by atoms with Crippen molar-refractivity contribution in [1.82, 2.24) is 9.97 Å². The predicted molar refractivity (Wildman–Crippen MR) is 104 cm³/mol. The number of aromatic nitrogens is 2. The molecule has 0 radical (unpaired) electrons. The van der Waals surface area contributed by atoms with Crippen molar-refractivity contribution in [2.45, 2.75) is 0 Å². The van der Waals surface area contributed by atoms with E-state index in [2.05, 4.69) is 16.0 Å². The van der Waals surface area contributed by atoms with Crippen molar-refractivity contribution in [3.8, 4) is 17.4 Å². The molecule has 0 aliphatic rings.